The predicted octanol–water partition coefficient (Wildman–Crippen LogP) is 3.15. The number of anilines is 2. The molecule has 0 saturated carbocycles. The van der Waals surface area contributed by atoms with E-state index in [1.807, 2.05) is 31.6 Å². The Morgan fingerprint density at radius 1 is 1.19 bits per heavy atom. The fourth-order valence-corrected chi connectivity index (χ4v) is 3.00. The molecule has 0 bridgehead atoms. The Labute approximate surface area is 127 Å². The summed E-state index contributed by atoms with van der Waals surface area (Å²) in [5, 5.41) is 6.20. The minimum absolute atomic E-state index is 0.660. The van der Waals surface area contributed by atoms with Gasteiger partial charge in [0.1, 0.15) is 10.6 Å². The number of rotatable bonds is 5. The summed E-state index contributed by atoms with van der Waals surface area (Å²) in [6, 6.07) is 6.16. The molecule has 3 heterocycles. The lowest BCUT2D eigenvalue weighted by Gasteiger charge is -2.23. The second-order valence-electron chi connectivity index (χ2n) is 4.63. The van der Waals surface area contributed by atoms with Gasteiger partial charge >= 0.3 is 0 Å². The molecule has 0 saturated heterocycles. The highest BCUT2D eigenvalue weighted by atomic mass is 32.1. The van der Waals surface area contributed by atoms with Crippen molar-refractivity contribution in [2.24, 2.45) is 0 Å². The van der Waals surface area contributed by atoms with Crippen LogP contribution in [0.4, 0.5) is 11.8 Å². The summed E-state index contributed by atoms with van der Waals surface area (Å²) in [7, 11) is 1.84. The molecule has 1 N–H and O–H groups in total. The van der Waals surface area contributed by atoms with Crippen LogP contribution in [0.3, 0.4) is 0 Å². The Balaban J connectivity index is 2.01. The maximum atomic E-state index is 4.65. The zero-order valence-electron chi connectivity index (χ0n) is 12.1. The van der Waals surface area contributed by atoms with E-state index in [1.165, 1.54) is 5.56 Å². The molecule has 0 unspecified atom stereocenters. The van der Waals surface area contributed by atoms with Crippen molar-refractivity contribution in [1.29, 1.82) is 0 Å². The molecule has 0 fully saturated rings. The average Bonchev–Trinajstić information content (AvgIpc) is 3.01. The average molecular weight is 299 g/mol. The molecule has 3 aromatic rings. The molecule has 21 heavy (non-hydrogen) atoms. The Morgan fingerprint density at radius 2 is 2.00 bits per heavy atom. The third-order valence-corrected chi connectivity index (χ3v) is 4.14. The fraction of sp³-hybridized carbons (Fsp3) is 0.267. The van der Waals surface area contributed by atoms with E-state index in [1.54, 1.807) is 11.3 Å². The van der Waals surface area contributed by atoms with Gasteiger partial charge in [-0.05, 0) is 36.1 Å². The van der Waals surface area contributed by atoms with Gasteiger partial charge in [0.2, 0.25) is 5.95 Å². The SMILES string of the molecule is CCN(Cc1ccncc1)c1nc(NC)nc2sccc12. The molecular weight excluding hydrogens is 282 g/mol. The van der Waals surface area contributed by atoms with E-state index in [0.717, 1.165) is 29.1 Å². The molecule has 0 aliphatic rings. The maximum Gasteiger partial charge on any atom is 0.225 e. The normalized spacial score (nSPS) is 10.8. The molecule has 0 spiro atoms. The second kappa shape index (κ2) is 6.05. The van der Waals surface area contributed by atoms with Gasteiger partial charge in [0.15, 0.2) is 0 Å². The van der Waals surface area contributed by atoms with Gasteiger partial charge in [-0.1, -0.05) is 0 Å². The van der Waals surface area contributed by atoms with Crippen LogP contribution < -0.4 is 10.2 Å². The van der Waals surface area contributed by atoms with Crippen molar-refractivity contribution in [1.82, 2.24) is 15.0 Å². The molecular formula is C15H17N5S. The van der Waals surface area contributed by atoms with Crippen LogP contribution in [0.1, 0.15) is 12.5 Å². The maximum absolute atomic E-state index is 4.65. The van der Waals surface area contributed by atoms with E-state index in [2.05, 4.69) is 43.5 Å². The lowest BCUT2D eigenvalue weighted by molar-refractivity contribution is 0.816. The van der Waals surface area contributed by atoms with Gasteiger partial charge in [0.25, 0.3) is 0 Å². The monoisotopic (exact) mass is 299 g/mol. The van der Waals surface area contributed by atoms with E-state index in [-0.39, 0.29) is 0 Å². The standard InChI is InChI=1S/C15H17N5S/c1-3-20(10-11-4-7-17-8-5-11)13-12-6-9-21-14(12)19-15(16-2)18-13/h4-9H,3,10H2,1-2H3,(H,16,18,19). The summed E-state index contributed by atoms with van der Waals surface area (Å²) in [6.07, 6.45) is 3.64. The van der Waals surface area contributed by atoms with Gasteiger partial charge in [-0.2, -0.15) is 4.98 Å². The van der Waals surface area contributed by atoms with Crippen LogP contribution in [0.25, 0.3) is 10.2 Å². The van der Waals surface area contributed by atoms with Crippen LogP contribution in [0.2, 0.25) is 0 Å². The van der Waals surface area contributed by atoms with E-state index < -0.39 is 0 Å². The summed E-state index contributed by atoms with van der Waals surface area (Å²) in [5.41, 5.74) is 1.22. The van der Waals surface area contributed by atoms with E-state index >= 15 is 0 Å². The van der Waals surface area contributed by atoms with E-state index in [0.29, 0.717) is 5.95 Å². The minimum Gasteiger partial charge on any atom is -0.357 e. The van der Waals surface area contributed by atoms with Crippen LogP contribution in [-0.2, 0) is 6.54 Å². The van der Waals surface area contributed by atoms with Gasteiger partial charge in [0.05, 0.1) is 5.39 Å². The summed E-state index contributed by atoms with van der Waals surface area (Å²) in [4.78, 5) is 16.5. The smallest absolute Gasteiger partial charge is 0.225 e. The molecule has 0 aromatic carbocycles. The fourth-order valence-electron chi connectivity index (χ4n) is 2.24. The van der Waals surface area contributed by atoms with Gasteiger partial charge in [-0.3, -0.25) is 4.98 Å². The molecule has 108 valence electrons. The van der Waals surface area contributed by atoms with Crippen molar-refractivity contribution in [3.05, 3.63) is 41.5 Å². The zero-order valence-corrected chi connectivity index (χ0v) is 12.9. The van der Waals surface area contributed by atoms with Crippen molar-refractivity contribution < 1.29 is 0 Å². The zero-order chi connectivity index (χ0) is 14.7. The van der Waals surface area contributed by atoms with Crippen molar-refractivity contribution in [3.8, 4) is 0 Å². The topological polar surface area (TPSA) is 53.9 Å². The van der Waals surface area contributed by atoms with Crippen LogP contribution >= 0.6 is 11.3 Å². The Bertz CT molecular complexity index is 725. The quantitative estimate of drug-likeness (QED) is 0.784. The number of aromatic nitrogens is 3. The molecule has 5 nitrogen and oxygen atoms in total. The number of hydrogen-bond acceptors (Lipinski definition) is 6. The number of thiophene rings is 1. The minimum atomic E-state index is 0.660. The predicted molar refractivity (Wildman–Crippen MR) is 87.9 cm³/mol. The Hall–Kier alpha value is -2.21. The highest BCUT2D eigenvalue weighted by Gasteiger charge is 2.14. The van der Waals surface area contributed by atoms with Crippen LogP contribution in [0.15, 0.2) is 36.0 Å². The number of nitrogens with one attached hydrogen (secondary N) is 1. The summed E-state index contributed by atoms with van der Waals surface area (Å²) >= 11 is 1.64. The van der Waals surface area contributed by atoms with Crippen LogP contribution in [-0.4, -0.2) is 28.5 Å². The number of nitrogens with zero attached hydrogens (tertiary/aromatic N) is 4. The molecule has 6 heteroatoms. The Morgan fingerprint density at radius 3 is 2.71 bits per heavy atom. The molecule has 3 rings (SSSR count). The second-order valence-corrected chi connectivity index (χ2v) is 5.52. The first-order chi connectivity index (χ1) is 10.3. The summed E-state index contributed by atoms with van der Waals surface area (Å²) < 4.78 is 0. The van der Waals surface area contributed by atoms with Gasteiger partial charge in [0, 0.05) is 32.5 Å². The highest BCUT2D eigenvalue weighted by molar-refractivity contribution is 7.16. The molecule has 0 radical (unpaired) electrons. The third-order valence-electron chi connectivity index (χ3n) is 3.33. The molecule has 0 aliphatic heterocycles. The molecule has 3 aromatic heterocycles. The van der Waals surface area contributed by atoms with Crippen molar-refractivity contribution in [3.63, 3.8) is 0 Å². The van der Waals surface area contributed by atoms with Crippen LogP contribution in [0, 0.1) is 0 Å². The Kier molecular flexibility index (Phi) is 3.96. The molecule has 0 aliphatic carbocycles. The number of pyridine rings is 1. The molecule has 0 amide bonds. The van der Waals surface area contributed by atoms with Crippen molar-refractivity contribution >= 4 is 33.3 Å². The first-order valence-corrected chi connectivity index (χ1v) is 7.76. The van der Waals surface area contributed by atoms with Crippen LogP contribution in [0.5, 0.6) is 0 Å². The lowest BCUT2D eigenvalue weighted by atomic mass is 10.2. The summed E-state index contributed by atoms with van der Waals surface area (Å²) in [5.74, 6) is 1.64. The van der Waals surface area contributed by atoms with Crippen molar-refractivity contribution in [2.75, 3.05) is 23.8 Å². The largest absolute Gasteiger partial charge is 0.357 e. The van der Waals surface area contributed by atoms with E-state index in [4.69, 9.17) is 0 Å². The number of hydrogen-bond donors (Lipinski definition) is 1. The van der Waals surface area contributed by atoms with Gasteiger partial charge < -0.3 is 10.2 Å². The molecule has 0 atom stereocenters. The van der Waals surface area contributed by atoms with Gasteiger partial charge in [-0.25, -0.2) is 4.98 Å². The third kappa shape index (κ3) is 2.80. The van der Waals surface area contributed by atoms with E-state index in [9.17, 15) is 0 Å². The lowest BCUT2D eigenvalue weighted by Crippen LogP contribution is -2.23. The van der Waals surface area contributed by atoms with Crippen molar-refractivity contribution in [2.45, 2.75) is 13.5 Å². The first kappa shape index (κ1) is 13.8. The number of fused-ring (bicyclic) bond motifs is 1. The van der Waals surface area contributed by atoms with Gasteiger partial charge in [-0.15, -0.1) is 11.3 Å². The summed E-state index contributed by atoms with van der Waals surface area (Å²) in [6.45, 7) is 3.83. The first-order valence-electron chi connectivity index (χ1n) is 6.88. The highest BCUT2D eigenvalue weighted by Crippen LogP contribution is 2.29.